The fourth-order valence-electron chi connectivity index (χ4n) is 3.27. The summed E-state index contributed by atoms with van der Waals surface area (Å²) < 4.78 is 0. The van der Waals surface area contributed by atoms with E-state index in [4.69, 9.17) is 0 Å². The Labute approximate surface area is 160 Å². The van der Waals surface area contributed by atoms with Gasteiger partial charge >= 0.3 is 18.9 Å². The summed E-state index contributed by atoms with van der Waals surface area (Å²) in [5, 5.41) is 19.7. The van der Waals surface area contributed by atoms with Crippen LogP contribution in [0.3, 0.4) is 0 Å². The number of likely N-dealkylation sites (tertiary alicyclic amines) is 1. The first-order valence-electron chi connectivity index (χ1n) is 7.43. The van der Waals surface area contributed by atoms with E-state index in [1.54, 1.807) is 6.07 Å². The summed E-state index contributed by atoms with van der Waals surface area (Å²) in [4.78, 5) is 2.35. The fourth-order valence-corrected chi connectivity index (χ4v) is 3.27. The molecule has 1 aliphatic heterocycles. The van der Waals surface area contributed by atoms with Crippen molar-refractivity contribution in [2.75, 3.05) is 19.7 Å². The molecular formula is C18H25AlLiNO2. The van der Waals surface area contributed by atoms with Gasteiger partial charge in [-0.25, -0.2) is 0 Å². The summed E-state index contributed by atoms with van der Waals surface area (Å²) in [5.41, 5.74) is 2.24. The van der Waals surface area contributed by atoms with E-state index in [0.29, 0.717) is 5.75 Å². The summed E-state index contributed by atoms with van der Waals surface area (Å²) in [6, 6.07) is 17.9. The van der Waals surface area contributed by atoms with E-state index >= 15 is 0 Å². The molecule has 5 heteroatoms. The van der Waals surface area contributed by atoms with Gasteiger partial charge in [-0.1, -0.05) is 48.5 Å². The van der Waals surface area contributed by atoms with Gasteiger partial charge in [0.25, 0.3) is 0 Å². The fraction of sp³-hybridized carbons (Fsp3) is 0.333. The third-order valence-electron chi connectivity index (χ3n) is 4.34. The Morgan fingerprint density at radius 1 is 0.957 bits per heavy atom. The number of phenolic OH excluding ortho intramolecular Hbond substituents is 1. The van der Waals surface area contributed by atoms with E-state index in [1.807, 2.05) is 24.3 Å². The largest absolute Gasteiger partial charge is 1.00 e. The van der Waals surface area contributed by atoms with E-state index in [1.165, 1.54) is 5.56 Å². The molecule has 0 spiro atoms. The summed E-state index contributed by atoms with van der Waals surface area (Å²) in [5.74, 6) is 0.712. The van der Waals surface area contributed by atoms with Crippen molar-refractivity contribution in [3.8, 4) is 5.75 Å². The van der Waals surface area contributed by atoms with Gasteiger partial charge in [-0.2, -0.15) is 0 Å². The number of aliphatic hydroxyl groups is 1. The number of benzene rings is 2. The normalized spacial score (nSPS) is 20.6. The van der Waals surface area contributed by atoms with Crippen molar-refractivity contribution in [2.45, 2.75) is 12.5 Å². The Balaban J connectivity index is 0.00000132. The minimum Gasteiger partial charge on any atom is -0.508 e. The maximum atomic E-state index is 10.1. The molecule has 2 aromatic carbocycles. The van der Waals surface area contributed by atoms with Crippen LogP contribution in [0.15, 0.2) is 54.6 Å². The molecule has 118 valence electrons. The summed E-state index contributed by atoms with van der Waals surface area (Å²) in [6.07, 6.45) is 0. The zero-order valence-electron chi connectivity index (χ0n) is 13.0. The average Bonchev–Trinajstić information content (AvgIpc) is 2.91. The minimum atomic E-state index is 0. The molecule has 1 heterocycles. The molecule has 3 rings (SSSR count). The van der Waals surface area contributed by atoms with Crippen molar-refractivity contribution in [2.24, 2.45) is 5.92 Å². The number of aliphatic hydroxyl groups excluding tert-OH is 1. The van der Waals surface area contributed by atoms with E-state index in [9.17, 15) is 10.2 Å². The molecule has 2 N–H and O–H groups in total. The number of phenols is 1. The van der Waals surface area contributed by atoms with Gasteiger partial charge in [-0.15, -0.1) is 0 Å². The van der Waals surface area contributed by atoms with Crippen molar-refractivity contribution in [1.29, 1.82) is 0 Å². The maximum absolute atomic E-state index is 10.1. The quantitative estimate of drug-likeness (QED) is 0.650. The van der Waals surface area contributed by atoms with E-state index < -0.39 is 0 Å². The Bertz CT molecular complexity index is 597. The van der Waals surface area contributed by atoms with Crippen molar-refractivity contribution in [1.82, 2.24) is 4.90 Å². The molecule has 2 atom stereocenters. The second-order valence-corrected chi connectivity index (χ2v) is 5.79. The summed E-state index contributed by atoms with van der Waals surface area (Å²) in [6.45, 7) is 2.79. The number of para-hydroxylation sites is 1. The van der Waals surface area contributed by atoms with Gasteiger partial charge in [0.2, 0.25) is 0 Å². The number of rotatable bonds is 4. The predicted octanol–water partition coefficient (Wildman–Crippen LogP) is -1.85. The van der Waals surface area contributed by atoms with Crippen LogP contribution < -0.4 is 18.9 Å². The van der Waals surface area contributed by atoms with Crippen LogP contribution in [0.5, 0.6) is 5.75 Å². The van der Waals surface area contributed by atoms with Crippen LogP contribution in [0.1, 0.15) is 17.0 Å². The topological polar surface area (TPSA) is 43.7 Å². The molecule has 1 fully saturated rings. The first kappa shape index (κ1) is 20.3. The van der Waals surface area contributed by atoms with Gasteiger partial charge in [0.1, 0.15) is 5.75 Å². The van der Waals surface area contributed by atoms with E-state index in [0.717, 1.165) is 25.2 Å². The standard InChI is InChI=1S/C18H21NO2.Al.Li.4H/c20-13-15-11-19(10-14-6-2-1-3-7-14)12-17(15)16-8-4-5-9-18(16)21;;;;;;/h1-9,15,17,20-21H,10-13H2;;;;;;/q;-1;+1;;;;. The third-order valence-corrected chi connectivity index (χ3v) is 4.34. The second kappa shape index (κ2) is 9.55. The van der Waals surface area contributed by atoms with Crippen molar-refractivity contribution >= 4 is 17.4 Å². The molecule has 23 heavy (non-hydrogen) atoms. The van der Waals surface area contributed by atoms with Gasteiger partial charge in [-0.05, 0) is 17.2 Å². The SMILES string of the molecule is OCC1CN(Cc2ccccc2)CC1c1ccccc1O.[AlH4-].[Li+]. The molecule has 0 radical (unpaired) electrons. The number of hydrogen-bond acceptors (Lipinski definition) is 3. The van der Waals surface area contributed by atoms with Crippen LogP contribution in [-0.2, 0) is 6.54 Å². The van der Waals surface area contributed by atoms with Crippen molar-refractivity contribution < 1.29 is 29.1 Å². The average molecular weight is 321 g/mol. The third kappa shape index (κ3) is 4.88. The van der Waals surface area contributed by atoms with Crippen LogP contribution in [0, 0.1) is 5.92 Å². The molecule has 0 aliphatic carbocycles. The smallest absolute Gasteiger partial charge is 0.508 e. The molecular weight excluding hydrogens is 296 g/mol. The molecule has 1 aliphatic rings. The monoisotopic (exact) mass is 321 g/mol. The van der Waals surface area contributed by atoms with E-state index in [-0.39, 0.29) is 54.7 Å². The maximum Gasteiger partial charge on any atom is 1.00 e. The van der Waals surface area contributed by atoms with Crippen LogP contribution >= 0.6 is 0 Å². The Morgan fingerprint density at radius 2 is 1.61 bits per heavy atom. The predicted molar refractivity (Wildman–Crippen MR) is 94.5 cm³/mol. The molecule has 2 unspecified atom stereocenters. The zero-order chi connectivity index (χ0) is 14.7. The van der Waals surface area contributed by atoms with Crippen LogP contribution in [-0.4, -0.2) is 52.2 Å². The number of nitrogens with zero attached hydrogens (tertiary/aromatic N) is 1. The van der Waals surface area contributed by atoms with Gasteiger partial charge < -0.3 is 10.2 Å². The van der Waals surface area contributed by atoms with Crippen LogP contribution in [0.25, 0.3) is 0 Å². The van der Waals surface area contributed by atoms with Gasteiger partial charge in [-0.3, -0.25) is 4.90 Å². The molecule has 0 aromatic heterocycles. The summed E-state index contributed by atoms with van der Waals surface area (Å²) in [7, 11) is 0. The summed E-state index contributed by atoms with van der Waals surface area (Å²) >= 11 is 0. The van der Waals surface area contributed by atoms with Gasteiger partial charge in [0.05, 0.1) is 0 Å². The molecule has 1 saturated heterocycles. The van der Waals surface area contributed by atoms with Gasteiger partial charge in [0.15, 0.2) is 0 Å². The molecule has 2 aromatic rings. The Morgan fingerprint density at radius 3 is 2.26 bits per heavy atom. The minimum absolute atomic E-state index is 0. The van der Waals surface area contributed by atoms with Crippen LogP contribution in [0.2, 0.25) is 0 Å². The molecule has 0 amide bonds. The van der Waals surface area contributed by atoms with Crippen molar-refractivity contribution in [3.63, 3.8) is 0 Å². The molecule has 0 bridgehead atoms. The Hall–Kier alpha value is -0.710. The number of aromatic hydroxyl groups is 1. The first-order chi connectivity index (χ1) is 10.3. The first-order valence-corrected chi connectivity index (χ1v) is 7.43. The van der Waals surface area contributed by atoms with Gasteiger partial charge in [0, 0.05) is 55.4 Å². The second-order valence-electron chi connectivity index (χ2n) is 5.79. The number of hydrogen-bond donors (Lipinski definition) is 2. The van der Waals surface area contributed by atoms with E-state index in [2.05, 4.69) is 29.2 Å². The zero-order valence-corrected chi connectivity index (χ0v) is 13.0. The van der Waals surface area contributed by atoms with Crippen molar-refractivity contribution in [3.05, 3.63) is 65.7 Å². The molecule has 0 saturated carbocycles. The molecule has 3 nitrogen and oxygen atoms in total. The Kier molecular flexibility index (Phi) is 8.45. The van der Waals surface area contributed by atoms with Crippen LogP contribution in [0.4, 0.5) is 0 Å².